The molecule has 0 saturated carbocycles. The quantitative estimate of drug-likeness (QED) is 0.659. The Labute approximate surface area is 137 Å². The lowest BCUT2D eigenvalue weighted by Crippen LogP contribution is -2.41. The van der Waals surface area contributed by atoms with Crippen LogP contribution in [0, 0.1) is 11.8 Å². The molecule has 0 aromatic carbocycles. The third-order valence-corrected chi connectivity index (χ3v) is 5.49. The molecule has 7 nitrogen and oxygen atoms in total. The van der Waals surface area contributed by atoms with Gasteiger partial charge in [0, 0.05) is 38.0 Å². The fourth-order valence-electron chi connectivity index (χ4n) is 4.37. The lowest BCUT2D eigenvalue weighted by molar-refractivity contribution is 0.0767. The second-order valence-electron chi connectivity index (χ2n) is 6.73. The molecule has 0 amide bonds. The molecule has 7 heteroatoms. The first-order valence-corrected chi connectivity index (χ1v) is 8.85. The van der Waals surface area contributed by atoms with Crippen molar-refractivity contribution in [1.29, 1.82) is 0 Å². The third kappa shape index (κ3) is 2.60. The maximum absolute atomic E-state index is 6.07. The number of rotatable bonds is 4. The molecule has 1 N–H and O–H groups in total. The summed E-state index contributed by atoms with van der Waals surface area (Å²) in [4.78, 5) is 7.23. The molecule has 3 fully saturated rings. The zero-order valence-electron chi connectivity index (χ0n) is 14.0. The highest BCUT2D eigenvalue weighted by Crippen LogP contribution is 2.47. The highest BCUT2D eigenvalue weighted by atomic mass is 16.5. The number of aromatic nitrogens is 3. The fraction of sp³-hybridized carbons (Fsp3) is 0.812. The summed E-state index contributed by atoms with van der Waals surface area (Å²) < 4.78 is 8.11. The van der Waals surface area contributed by atoms with Crippen molar-refractivity contribution in [1.82, 2.24) is 25.0 Å². The number of aliphatic imine (C=N–C) groups is 1. The largest absolute Gasteiger partial charge is 0.374 e. The minimum absolute atomic E-state index is 0.487. The molecule has 3 saturated heterocycles. The van der Waals surface area contributed by atoms with Crippen LogP contribution in [0.5, 0.6) is 0 Å². The number of fused-ring (bicyclic) bond motifs is 5. The number of aryl methyl sites for hydroxylation is 1. The third-order valence-electron chi connectivity index (χ3n) is 5.49. The predicted octanol–water partition coefficient (Wildman–Crippen LogP) is 0.873. The van der Waals surface area contributed by atoms with Gasteiger partial charge in [0.05, 0.1) is 12.2 Å². The van der Waals surface area contributed by atoms with E-state index in [-0.39, 0.29) is 0 Å². The SMILES string of the molecule is CCNC(=NCc1nncn1CC)N1CC2C3CCC(O3)C2C1. The Balaban J connectivity index is 1.47. The van der Waals surface area contributed by atoms with Crippen molar-refractivity contribution in [2.24, 2.45) is 16.8 Å². The Bertz CT molecular complexity index is 567. The summed E-state index contributed by atoms with van der Waals surface area (Å²) in [5.41, 5.74) is 0. The smallest absolute Gasteiger partial charge is 0.194 e. The summed E-state index contributed by atoms with van der Waals surface area (Å²) in [5.74, 6) is 3.31. The number of nitrogens with zero attached hydrogens (tertiary/aromatic N) is 5. The number of nitrogens with one attached hydrogen (secondary N) is 1. The van der Waals surface area contributed by atoms with Crippen LogP contribution < -0.4 is 5.32 Å². The maximum Gasteiger partial charge on any atom is 0.194 e. The second-order valence-corrected chi connectivity index (χ2v) is 6.73. The number of ether oxygens (including phenoxy) is 1. The van der Waals surface area contributed by atoms with E-state index in [9.17, 15) is 0 Å². The molecule has 3 aliphatic rings. The van der Waals surface area contributed by atoms with Crippen LogP contribution in [-0.2, 0) is 17.8 Å². The van der Waals surface area contributed by atoms with Crippen molar-refractivity contribution in [2.75, 3.05) is 19.6 Å². The van der Waals surface area contributed by atoms with Gasteiger partial charge < -0.3 is 19.5 Å². The average molecular weight is 318 g/mol. The van der Waals surface area contributed by atoms with Crippen LogP contribution >= 0.6 is 0 Å². The molecule has 2 bridgehead atoms. The summed E-state index contributed by atoms with van der Waals surface area (Å²) in [6.45, 7) is 8.69. The Morgan fingerprint density at radius 1 is 1.30 bits per heavy atom. The van der Waals surface area contributed by atoms with Gasteiger partial charge >= 0.3 is 0 Å². The predicted molar refractivity (Wildman–Crippen MR) is 87.0 cm³/mol. The van der Waals surface area contributed by atoms with Gasteiger partial charge in [-0.05, 0) is 26.7 Å². The van der Waals surface area contributed by atoms with E-state index in [1.54, 1.807) is 6.33 Å². The summed E-state index contributed by atoms with van der Waals surface area (Å²) in [7, 11) is 0. The van der Waals surface area contributed by atoms with Crippen LogP contribution in [0.15, 0.2) is 11.3 Å². The van der Waals surface area contributed by atoms with Crippen LogP contribution in [0.4, 0.5) is 0 Å². The van der Waals surface area contributed by atoms with Crippen molar-refractivity contribution in [3.63, 3.8) is 0 Å². The topological polar surface area (TPSA) is 67.6 Å². The van der Waals surface area contributed by atoms with Gasteiger partial charge in [-0.3, -0.25) is 0 Å². The van der Waals surface area contributed by atoms with Crippen LogP contribution in [0.2, 0.25) is 0 Å². The van der Waals surface area contributed by atoms with Gasteiger partial charge in [-0.1, -0.05) is 0 Å². The van der Waals surface area contributed by atoms with Crippen molar-refractivity contribution >= 4 is 5.96 Å². The molecule has 0 radical (unpaired) electrons. The molecule has 23 heavy (non-hydrogen) atoms. The molecule has 4 atom stereocenters. The number of guanidine groups is 1. The van der Waals surface area contributed by atoms with E-state index in [1.165, 1.54) is 12.8 Å². The second kappa shape index (κ2) is 6.11. The molecule has 4 heterocycles. The van der Waals surface area contributed by atoms with Gasteiger partial charge in [-0.15, -0.1) is 10.2 Å². The van der Waals surface area contributed by atoms with E-state index in [0.29, 0.717) is 30.6 Å². The summed E-state index contributed by atoms with van der Waals surface area (Å²) in [5, 5.41) is 11.6. The molecular formula is C16H26N6O. The minimum atomic E-state index is 0.487. The van der Waals surface area contributed by atoms with E-state index in [4.69, 9.17) is 9.73 Å². The van der Waals surface area contributed by atoms with Crippen molar-refractivity contribution in [2.45, 2.75) is 52.0 Å². The van der Waals surface area contributed by atoms with E-state index in [2.05, 4.69) is 34.3 Å². The summed E-state index contributed by atoms with van der Waals surface area (Å²) in [6, 6.07) is 0. The van der Waals surface area contributed by atoms with Crippen LogP contribution in [0.1, 0.15) is 32.5 Å². The first kappa shape index (κ1) is 14.9. The minimum Gasteiger partial charge on any atom is -0.374 e. The summed E-state index contributed by atoms with van der Waals surface area (Å²) in [6.07, 6.45) is 5.23. The lowest BCUT2D eigenvalue weighted by atomic mass is 9.82. The first-order valence-electron chi connectivity index (χ1n) is 8.85. The van der Waals surface area contributed by atoms with E-state index < -0.39 is 0 Å². The lowest BCUT2D eigenvalue weighted by Gasteiger charge is -2.23. The first-order chi connectivity index (χ1) is 11.3. The van der Waals surface area contributed by atoms with Crippen molar-refractivity contribution in [3.8, 4) is 0 Å². The number of likely N-dealkylation sites (tertiary alicyclic amines) is 1. The van der Waals surface area contributed by atoms with Gasteiger partial charge in [0.2, 0.25) is 0 Å². The highest BCUT2D eigenvalue weighted by molar-refractivity contribution is 5.80. The van der Waals surface area contributed by atoms with Gasteiger partial charge in [0.1, 0.15) is 12.9 Å². The van der Waals surface area contributed by atoms with Gasteiger partial charge in [0.15, 0.2) is 11.8 Å². The normalized spacial score (nSPS) is 32.6. The van der Waals surface area contributed by atoms with Crippen LogP contribution in [0.3, 0.4) is 0 Å². The van der Waals surface area contributed by atoms with Gasteiger partial charge in [-0.25, -0.2) is 4.99 Å². The summed E-state index contributed by atoms with van der Waals surface area (Å²) >= 11 is 0. The molecule has 0 aliphatic carbocycles. The maximum atomic E-state index is 6.07. The van der Waals surface area contributed by atoms with Gasteiger partial charge in [-0.2, -0.15) is 0 Å². The van der Waals surface area contributed by atoms with E-state index in [0.717, 1.165) is 38.0 Å². The molecule has 0 spiro atoms. The van der Waals surface area contributed by atoms with E-state index >= 15 is 0 Å². The molecule has 4 rings (SSSR count). The fourth-order valence-corrected chi connectivity index (χ4v) is 4.37. The standard InChI is InChI=1S/C16H26N6O/c1-3-17-16(18-7-15-20-19-10-21(15)4-2)22-8-11-12(9-22)14-6-5-13(11)23-14/h10-14H,3-9H2,1-2H3,(H,17,18). The van der Waals surface area contributed by atoms with Crippen molar-refractivity contribution < 1.29 is 4.74 Å². The molecule has 1 aromatic heterocycles. The van der Waals surface area contributed by atoms with Crippen molar-refractivity contribution in [3.05, 3.63) is 12.2 Å². The molecular weight excluding hydrogens is 292 g/mol. The zero-order valence-corrected chi connectivity index (χ0v) is 14.0. The highest BCUT2D eigenvalue weighted by Gasteiger charge is 2.53. The Kier molecular flexibility index (Phi) is 3.97. The Hall–Kier alpha value is -1.63. The number of hydrogen-bond donors (Lipinski definition) is 1. The molecule has 1 aromatic rings. The molecule has 126 valence electrons. The van der Waals surface area contributed by atoms with E-state index in [1.807, 2.05) is 4.57 Å². The van der Waals surface area contributed by atoms with Crippen LogP contribution in [0.25, 0.3) is 0 Å². The zero-order chi connectivity index (χ0) is 15.8. The Morgan fingerprint density at radius 3 is 2.70 bits per heavy atom. The molecule has 3 aliphatic heterocycles. The monoisotopic (exact) mass is 318 g/mol. The van der Waals surface area contributed by atoms with Crippen LogP contribution in [-0.4, -0.2) is 57.5 Å². The Morgan fingerprint density at radius 2 is 2.04 bits per heavy atom. The number of hydrogen-bond acceptors (Lipinski definition) is 4. The van der Waals surface area contributed by atoms with Gasteiger partial charge in [0.25, 0.3) is 0 Å². The average Bonchev–Trinajstić information content (AvgIpc) is 3.32. The molecule has 4 unspecified atom stereocenters.